The summed E-state index contributed by atoms with van der Waals surface area (Å²) >= 11 is 6.26. The molecule has 210 valence electrons. The van der Waals surface area contributed by atoms with Gasteiger partial charge in [-0.05, 0) is 49.6 Å². The number of nitrogens with one attached hydrogen (secondary N) is 1. The van der Waals surface area contributed by atoms with Crippen LogP contribution in [0.25, 0.3) is 39.3 Å². The maximum absolute atomic E-state index is 13.6. The van der Waals surface area contributed by atoms with E-state index in [2.05, 4.69) is 25.4 Å². The summed E-state index contributed by atoms with van der Waals surface area (Å²) in [5, 5.41) is 12.2. The van der Waals surface area contributed by atoms with Gasteiger partial charge in [0, 0.05) is 33.5 Å². The summed E-state index contributed by atoms with van der Waals surface area (Å²) in [6.07, 6.45) is -1.28. The van der Waals surface area contributed by atoms with Gasteiger partial charge in [-0.3, -0.25) is 9.36 Å². The first-order valence-corrected chi connectivity index (χ1v) is 13.4. The Morgan fingerprint density at radius 3 is 2.81 bits per heavy atom. The molecule has 6 aromatic rings. The molecule has 0 radical (unpaired) electrons. The number of hydrogen-bond donors (Lipinski definition) is 1. The zero-order valence-corrected chi connectivity index (χ0v) is 22.4. The minimum absolute atomic E-state index is 0.0637. The van der Waals surface area contributed by atoms with Crippen LogP contribution in [0, 0.1) is 12.8 Å². The minimum Gasteiger partial charge on any atom is -0.356 e. The van der Waals surface area contributed by atoms with Crippen LogP contribution in [0.4, 0.5) is 13.2 Å². The minimum atomic E-state index is -4.65. The number of halogens is 4. The van der Waals surface area contributed by atoms with Crippen molar-refractivity contribution in [1.29, 1.82) is 0 Å². The van der Waals surface area contributed by atoms with E-state index in [0.717, 1.165) is 39.6 Å². The Morgan fingerprint density at radius 1 is 1.14 bits per heavy atom. The Labute approximate surface area is 238 Å². The summed E-state index contributed by atoms with van der Waals surface area (Å²) in [4.78, 5) is 26.4. The van der Waals surface area contributed by atoms with Gasteiger partial charge in [-0.25, -0.2) is 14.6 Å². The first kappa shape index (κ1) is 25.0. The van der Waals surface area contributed by atoms with Gasteiger partial charge in [0.1, 0.15) is 11.6 Å². The molecule has 0 amide bonds. The average Bonchev–Trinajstić information content (AvgIpc) is 3.37. The van der Waals surface area contributed by atoms with Crippen molar-refractivity contribution < 1.29 is 17.7 Å². The molecule has 0 spiro atoms. The van der Waals surface area contributed by atoms with E-state index in [1.54, 1.807) is 16.8 Å². The fraction of sp³-hybridized carbons (Fsp3) is 0.214. The summed E-state index contributed by atoms with van der Waals surface area (Å²) in [6.45, 7) is 1.88. The number of aromatic amines is 1. The maximum Gasteiger partial charge on any atom is 0.436 e. The summed E-state index contributed by atoms with van der Waals surface area (Å²) in [7, 11) is 0. The molecule has 10 nitrogen and oxygen atoms in total. The number of aromatic nitrogens is 8. The van der Waals surface area contributed by atoms with Crippen molar-refractivity contribution in [1.82, 2.24) is 39.7 Å². The maximum atomic E-state index is 13.6. The highest BCUT2D eigenvalue weighted by molar-refractivity contribution is 6.31. The first-order valence-electron chi connectivity index (χ1n) is 13.0. The molecule has 1 aliphatic heterocycles. The van der Waals surface area contributed by atoms with Crippen molar-refractivity contribution in [3.63, 3.8) is 0 Å². The highest BCUT2D eigenvalue weighted by Crippen LogP contribution is 2.60. The number of alkyl halides is 3. The second-order valence-electron chi connectivity index (χ2n) is 10.5. The fourth-order valence-electron chi connectivity index (χ4n) is 5.88. The Kier molecular flexibility index (Phi) is 5.12. The summed E-state index contributed by atoms with van der Waals surface area (Å²) in [5.74, 6) is 1.48. The van der Waals surface area contributed by atoms with E-state index in [1.807, 2.05) is 25.1 Å². The molecule has 14 heteroatoms. The summed E-state index contributed by atoms with van der Waals surface area (Å²) < 4.78 is 47.6. The molecule has 1 fully saturated rings. The standard InChI is InChI=1S/C28H18ClF3N8O2/c1-12-15-4-2-13(6-22(15)42-37-12)26-33-10-20(34-26)25-16-8-17(16)27-35-19(9-24(41)40(25)27)18-7-14(29)3-5-21(18)39-11-23(36-38-39)28(30,31)32/h2-7,9-11,16-17,25H,8H2,1H3,(H,33,34). The number of aryl methyl sites for hydroxylation is 1. The number of nitrogens with zero attached hydrogens (tertiary/aromatic N) is 7. The molecule has 1 N–H and O–H groups in total. The molecule has 2 aromatic carbocycles. The lowest BCUT2D eigenvalue weighted by molar-refractivity contribution is -0.141. The number of H-pyrrole nitrogens is 1. The average molecular weight is 591 g/mol. The molecule has 5 heterocycles. The third-order valence-corrected chi connectivity index (χ3v) is 8.17. The highest BCUT2D eigenvalue weighted by atomic mass is 35.5. The van der Waals surface area contributed by atoms with E-state index in [9.17, 15) is 18.0 Å². The second kappa shape index (κ2) is 8.61. The smallest absolute Gasteiger partial charge is 0.356 e. The van der Waals surface area contributed by atoms with Crippen LogP contribution < -0.4 is 5.56 Å². The van der Waals surface area contributed by atoms with Crippen molar-refractivity contribution in [2.45, 2.75) is 31.5 Å². The fourth-order valence-corrected chi connectivity index (χ4v) is 6.05. The van der Waals surface area contributed by atoms with Crippen LogP contribution in [-0.4, -0.2) is 39.7 Å². The second-order valence-corrected chi connectivity index (χ2v) is 11.0. The third-order valence-electron chi connectivity index (χ3n) is 7.94. The molecule has 1 aliphatic carbocycles. The van der Waals surface area contributed by atoms with Gasteiger partial charge in [-0.2, -0.15) is 13.2 Å². The van der Waals surface area contributed by atoms with Crippen molar-refractivity contribution in [2.75, 3.05) is 0 Å². The normalized spacial score (nSPS) is 19.3. The van der Waals surface area contributed by atoms with Crippen LogP contribution in [-0.2, 0) is 6.18 Å². The van der Waals surface area contributed by atoms with Crippen LogP contribution >= 0.6 is 11.6 Å². The van der Waals surface area contributed by atoms with Crippen molar-refractivity contribution in [3.05, 3.63) is 93.1 Å². The molecule has 3 unspecified atom stereocenters. The van der Waals surface area contributed by atoms with Crippen molar-refractivity contribution in [2.24, 2.45) is 5.92 Å². The van der Waals surface area contributed by atoms with Crippen LogP contribution in [0.3, 0.4) is 0 Å². The van der Waals surface area contributed by atoms with Crippen LogP contribution in [0.15, 0.2) is 64.2 Å². The van der Waals surface area contributed by atoms with Crippen molar-refractivity contribution >= 4 is 22.6 Å². The number of imidazole rings is 1. The lowest BCUT2D eigenvalue weighted by Gasteiger charge is -2.17. The van der Waals surface area contributed by atoms with E-state index in [0.29, 0.717) is 33.5 Å². The van der Waals surface area contributed by atoms with Crippen LogP contribution in [0.2, 0.25) is 5.02 Å². The van der Waals surface area contributed by atoms with E-state index in [1.165, 1.54) is 18.2 Å². The molecular weight excluding hydrogens is 573 g/mol. The topological polar surface area (TPSA) is 120 Å². The van der Waals surface area contributed by atoms with Crippen LogP contribution in [0.5, 0.6) is 0 Å². The van der Waals surface area contributed by atoms with Gasteiger partial charge in [0.2, 0.25) is 0 Å². The number of rotatable bonds is 4. The van der Waals surface area contributed by atoms with E-state index in [4.69, 9.17) is 21.1 Å². The van der Waals surface area contributed by atoms with Gasteiger partial charge in [0.05, 0.1) is 41.2 Å². The molecular formula is C28H18ClF3N8O2. The van der Waals surface area contributed by atoms with E-state index in [-0.39, 0.29) is 29.1 Å². The van der Waals surface area contributed by atoms with Gasteiger partial charge in [0.25, 0.3) is 5.56 Å². The van der Waals surface area contributed by atoms with Gasteiger partial charge in [-0.15, -0.1) is 5.10 Å². The highest BCUT2D eigenvalue weighted by Gasteiger charge is 2.55. The summed E-state index contributed by atoms with van der Waals surface area (Å²) in [6, 6.07) is 11.4. The molecule has 3 atom stereocenters. The Morgan fingerprint density at radius 2 is 2.00 bits per heavy atom. The number of benzene rings is 2. The lowest BCUT2D eigenvalue weighted by Crippen LogP contribution is -2.27. The van der Waals surface area contributed by atoms with Gasteiger partial charge in [0.15, 0.2) is 11.3 Å². The largest absolute Gasteiger partial charge is 0.436 e. The van der Waals surface area contributed by atoms with Crippen LogP contribution in [0.1, 0.15) is 41.3 Å². The van der Waals surface area contributed by atoms with E-state index >= 15 is 0 Å². The zero-order valence-electron chi connectivity index (χ0n) is 21.6. The van der Waals surface area contributed by atoms with Crippen molar-refractivity contribution in [3.8, 4) is 28.3 Å². The van der Waals surface area contributed by atoms with Gasteiger partial charge < -0.3 is 9.51 Å². The zero-order chi connectivity index (χ0) is 28.9. The third kappa shape index (κ3) is 3.80. The molecule has 8 rings (SSSR count). The summed E-state index contributed by atoms with van der Waals surface area (Å²) in [5.41, 5.74) is 2.57. The predicted molar refractivity (Wildman–Crippen MR) is 144 cm³/mol. The molecule has 0 bridgehead atoms. The molecule has 2 aliphatic rings. The van der Waals surface area contributed by atoms with Gasteiger partial charge >= 0.3 is 6.18 Å². The van der Waals surface area contributed by atoms with E-state index < -0.39 is 11.9 Å². The molecule has 0 saturated heterocycles. The SMILES string of the molecule is Cc1noc2cc(-c3ncc(C4C5CC5c5nc(-c6cc(Cl)ccc6-n6cc(C(F)(F)F)nn6)cc(=O)n54)[nH]3)ccc12. The molecule has 4 aromatic heterocycles. The monoisotopic (exact) mass is 590 g/mol. The quantitative estimate of drug-likeness (QED) is 0.279. The number of fused-ring (bicyclic) bond motifs is 4. The van der Waals surface area contributed by atoms with Gasteiger partial charge in [-0.1, -0.05) is 28.0 Å². The molecule has 42 heavy (non-hydrogen) atoms. The Hall–Kier alpha value is -4.78. The first-order chi connectivity index (χ1) is 20.2. The number of hydrogen-bond acceptors (Lipinski definition) is 7. The Balaban J connectivity index is 1.18. The lowest BCUT2D eigenvalue weighted by atomic mass is 10.1. The predicted octanol–water partition coefficient (Wildman–Crippen LogP) is 5.71. The molecule has 1 saturated carbocycles. The Bertz CT molecular complexity index is 2110.